The molecule has 0 bridgehead atoms. The molecule has 1 saturated carbocycles. The average molecular weight is 421 g/mol. The second kappa shape index (κ2) is 8.91. The van der Waals surface area contributed by atoms with E-state index in [1.807, 2.05) is 6.92 Å². The molecule has 0 aromatic heterocycles. The Morgan fingerprint density at radius 1 is 1.10 bits per heavy atom. The maximum Gasteiger partial charge on any atom is 0.225 e. The number of rotatable bonds is 8. The summed E-state index contributed by atoms with van der Waals surface area (Å²) in [6.07, 6.45) is 3.46. The molecule has 5 nitrogen and oxygen atoms in total. The molecule has 2 atom stereocenters. The van der Waals surface area contributed by atoms with Crippen molar-refractivity contribution in [2.45, 2.75) is 38.1 Å². The predicted molar refractivity (Wildman–Crippen MR) is 122 cm³/mol. The Hall–Kier alpha value is -2.53. The number of benzene rings is 2. The number of anilines is 1. The first-order valence-electron chi connectivity index (χ1n) is 11.6. The topological polar surface area (TPSA) is 50.8 Å². The quantitative estimate of drug-likeness (QED) is 0.692. The summed E-state index contributed by atoms with van der Waals surface area (Å²) in [4.78, 5) is 14.7. The Morgan fingerprint density at radius 3 is 2.48 bits per heavy atom. The molecule has 31 heavy (non-hydrogen) atoms. The molecular weight excluding hydrogens is 388 g/mol. The van der Waals surface area contributed by atoms with Gasteiger partial charge in [-0.2, -0.15) is 0 Å². The van der Waals surface area contributed by atoms with Gasteiger partial charge in [0.05, 0.1) is 25.2 Å². The molecule has 164 valence electrons. The summed E-state index contributed by atoms with van der Waals surface area (Å²) in [6, 6.07) is 17.3. The summed E-state index contributed by atoms with van der Waals surface area (Å²) in [6.45, 7) is 6.22. The molecule has 1 N–H and O–H groups in total. The molecule has 2 saturated heterocycles. The van der Waals surface area contributed by atoms with Crippen molar-refractivity contribution < 1.29 is 14.3 Å². The maximum atomic E-state index is 12.3. The molecular formula is C26H32N2O3. The Kier molecular flexibility index (Phi) is 5.86. The molecule has 0 radical (unpaired) electrons. The van der Waals surface area contributed by atoms with Crippen molar-refractivity contribution in [3.05, 3.63) is 59.7 Å². The number of carbonyl (C=O) groups is 1. The summed E-state index contributed by atoms with van der Waals surface area (Å²) in [7, 11) is 0. The first-order valence-corrected chi connectivity index (χ1v) is 11.6. The van der Waals surface area contributed by atoms with Gasteiger partial charge in [-0.05, 0) is 67.5 Å². The third-order valence-corrected chi connectivity index (χ3v) is 6.83. The van der Waals surface area contributed by atoms with Gasteiger partial charge in [0, 0.05) is 31.3 Å². The van der Waals surface area contributed by atoms with Crippen molar-refractivity contribution in [1.82, 2.24) is 5.32 Å². The number of hydrogen-bond donors (Lipinski definition) is 1. The maximum absolute atomic E-state index is 12.3. The van der Waals surface area contributed by atoms with Crippen LogP contribution in [0.25, 0.3) is 0 Å². The van der Waals surface area contributed by atoms with Crippen LogP contribution in [0.15, 0.2) is 48.5 Å². The molecule has 0 spiro atoms. The van der Waals surface area contributed by atoms with Crippen molar-refractivity contribution >= 4 is 11.6 Å². The van der Waals surface area contributed by atoms with Crippen LogP contribution in [0.3, 0.4) is 0 Å². The molecule has 3 aliphatic rings. The lowest BCUT2D eigenvalue weighted by molar-refractivity contribution is -0.125. The lowest BCUT2D eigenvalue weighted by atomic mass is 9.90. The SMILES string of the molecule is C[C@H](NC(=O)C1CCOC1)c1ccc(C2CN(c3ccc(OCC4CC4)cc3)C2)cc1. The molecule has 1 amide bonds. The zero-order chi connectivity index (χ0) is 21.2. The molecule has 1 unspecified atom stereocenters. The van der Waals surface area contributed by atoms with Gasteiger partial charge in [-0.1, -0.05) is 24.3 Å². The van der Waals surface area contributed by atoms with Crippen LogP contribution in [0.2, 0.25) is 0 Å². The molecule has 2 aromatic rings. The highest BCUT2D eigenvalue weighted by Gasteiger charge is 2.29. The minimum atomic E-state index is 0.00140. The van der Waals surface area contributed by atoms with Gasteiger partial charge in [0.2, 0.25) is 5.91 Å². The van der Waals surface area contributed by atoms with E-state index in [9.17, 15) is 4.79 Å². The fraction of sp³-hybridized carbons (Fsp3) is 0.500. The molecule has 2 aliphatic heterocycles. The first kappa shape index (κ1) is 20.4. The Labute approximate surface area is 184 Å². The van der Waals surface area contributed by atoms with Gasteiger partial charge in [0.15, 0.2) is 0 Å². The van der Waals surface area contributed by atoms with E-state index in [0.717, 1.165) is 43.3 Å². The lowest BCUT2D eigenvalue weighted by Gasteiger charge is -2.41. The van der Waals surface area contributed by atoms with E-state index in [2.05, 4.69) is 58.7 Å². The van der Waals surface area contributed by atoms with Crippen molar-refractivity contribution in [3.8, 4) is 5.75 Å². The fourth-order valence-corrected chi connectivity index (χ4v) is 4.36. The van der Waals surface area contributed by atoms with E-state index < -0.39 is 0 Å². The van der Waals surface area contributed by atoms with Crippen molar-refractivity contribution in [1.29, 1.82) is 0 Å². The zero-order valence-corrected chi connectivity index (χ0v) is 18.3. The lowest BCUT2D eigenvalue weighted by Crippen LogP contribution is -2.45. The minimum absolute atomic E-state index is 0.00140. The number of nitrogens with zero attached hydrogens (tertiary/aromatic N) is 1. The van der Waals surface area contributed by atoms with Gasteiger partial charge in [0.1, 0.15) is 5.75 Å². The molecule has 2 heterocycles. The summed E-state index contributed by atoms with van der Waals surface area (Å²) >= 11 is 0. The average Bonchev–Trinajstić information content (AvgIpc) is 3.42. The van der Waals surface area contributed by atoms with Gasteiger partial charge in [-0.25, -0.2) is 0 Å². The van der Waals surface area contributed by atoms with Gasteiger partial charge >= 0.3 is 0 Å². The van der Waals surface area contributed by atoms with Crippen LogP contribution in [0.4, 0.5) is 5.69 Å². The Bertz CT molecular complexity index is 880. The summed E-state index contributed by atoms with van der Waals surface area (Å²) in [5, 5.41) is 3.13. The van der Waals surface area contributed by atoms with Crippen LogP contribution in [0, 0.1) is 11.8 Å². The monoisotopic (exact) mass is 420 g/mol. The third-order valence-electron chi connectivity index (χ3n) is 6.83. The number of carbonyl (C=O) groups excluding carboxylic acids is 1. The highest BCUT2D eigenvalue weighted by molar-refractivity contribution is 5.79. The van der Waals surface area contributed by atoms with Crippen LogP contribution in [-0.4, -0.2) is 38.8 Å². The van der Waals surface area contributed by atoms with E-state index in [-0.39, 0.29) is 17.9 Å². The molecule has 5 rings (SSSR count). The van der Waals surface area contributed by atoms with Crippen molar-refractivity contribution in [2.24, 2.45) is 11.8 Å². The number of hydrogen-bond acceptors (Lipinski definition) is 4. The van der Waals surface area contributed by atoms with Crippen LogP contribution in [-0.2, 0) is 9.53 Å². The van der Waals surface area contributed by atoms with Crippen LogP contribution in [0.5, 0.6) is 5.75 Å². The molecule has 5 heteroatoms. The van der Waals surface area contributed by atoms with Crippen LogP contribution in [0.1, 0.15) is 49.3 Å². The largest absolute Gasteiger partial charge is 0.493 e. The normalized spacial score (nSPS) is 22.1. The summed E-state index contributed by atoms with van der Waals surface area (Å²) in [5.41, 5.74) is 3.78. The van der Waals surface area contributed by atoms with E-state index in [4.69, 9.17) is 9.47 Å². The molecule has 1 aliphatic carbocycles. The zero-order valence-electron chi connectivity index (χ0n) is 18.3. The van der Waals surface area contributed by atoms with Gasteiger partial charge in [-0.3, -0.25) is 4.79 Å². The number of nitrogens with one attached hydrogen (secondary N) is 1. The third kappa shape index (κ3) is 4.87. The van der Waals surface area contributed by atoms with Crippen molar-refractivity contribution in [3.63, 3.8) is 0 Å². The number of amides is 1. The standard InChI is InChI=1S/C26H32N2O3/c1-18(27-26(29)22-12-13-30-17-22)20-4-6-21(7-5-20)23-14-28(15-23)24-8-10-25(11-9-24)31-16-19-2-3-19/h4-11,18-19,22-23H,2-3,12-17H2,1H3,(H,27,29)/t18-,22?/m0/s1. The van der Waals surface area contributed by atoms with Gasteiger partial charge in [-0.15, -0.1) is 0 Å². The number of ether oxygens (including phenoxy) is 2. The predicted octanol–water partition coefficient (Wildman–Crippen LogP) is 4.29. The van der Waals surface area contributed by atoms with Crippen LogP contribution < -0.4 is 15.0 Å². The minimum Gasteiger partial charge on any atom is -0.493 e. The first-order chi connectivity index (χ1) is 15.2. The highest BCUT2D eigenvalue weighted by Crippen LogP contribution is 2.34. The Balaban J connectivity index is 1.10. The van der Waals surface area contributed by atoms with Gasteiger partial charge < -0.3 is 19.7 Å². The molecule has 3 fully saturated rings. The van der Waals surface area contributed by atoms with E-state index in [1.54, 1.807) is 0 Å². The van der Waals surface area contributed by atoms with Crippen molar-refractivity contribution in [2.75, 3.05) is 37.8 Å². The summed E-state index contributed by atoms with van der Waals surface area (Å²) < 4.78 is 11.2. The van der Waals surface area contributed by atoms with Gasteiger partial charge in [0.25, 0.3) is 0 Å². The second-order valence-corrected chi connectivity index (χ2v) is 9.31. The molecule has 2 aromatic carbocycles. The highest BCUT2D eigenvalue weighted by atomic mass is 16.5. The van der Waals surface area contributed by atoms with E-state index >= 15 is 0 Å². The van der Waals surface area contributed by atoms with E-state index in [0.29, 0.717) is 19.1 Å². The summed E-state index contributed by atoms with van der Waals surface area (Å²) in [5.74, 6) is 2.42. The smallest absolute Gasteiger partial charge is 0.225 e. The Morgan fingerprint density at radius 2 is 1.84 bits per heavy atom. The fourth-order valence-electron chi connectivity index (χ4n) is 4.36. The van der Waals surface area contributed by atoms with Crippen LogP contribution >= 0.6 is 0 Å². The van der Waals surface area contributed by atoms with E-state index in [1.165, 1.54) is 24.1 Å². The second-order valence-electron chi connectivity index (χ2n) is 9.31.